The smallest absolute Gasteiger partial charge is 0.326 e. The second kappa shape index (κ2) is 8.37. The molecule has 10 heteroatoms. The fourth-order valence-corrected chi connectivity index (χ4v) is 2.78. The number of hydrogen-bond donors (Lipinski definition) is 1. The molecule has 2 heterocycles. The van der Waals surface area contributed by atoms with Gasteiger partial charge in [-0.05, 0) is 19.1 Å². The van der Waals surface area contributed by atoms with Gasteiger partial charge in [-0.1, -0.05) is 22.9 Å². The molecule has 24 heavy (non-hydrogen) atoms. The number of thiazole rings is 1. The van der Waals surface area contributed by atoms with Crippen LogP contribution >= 0.6 is 22.9 Å². The normalized spacial score (nSPS) is 10.8. The van der Waals surface area contributed by atoms with Crippen molar-refractivity contribution in [3.05, 3.63) is 49.8 Å². The van der Waals surface area contributed by atoms with Crippen LogP contribution < -0.4 is 10.3 Å². The molecule has 2 aromatic rings. The summed E-state index contributed by atoms with van der Waals surface area (Å²) in [6, 6.07) is 3.07. The SMILES string of the molecule is CCOC(=O)Cn1c(Cl)c(/C=N\NC(=O)c2ccncc2)sc1=O. The molecule has 0 saturated carbocycles. The standard InChI is InChI=1S/C14H13ClN4O4S/c1-2-23-11(20)8-19-12(15)10(24-14(19)22)7-17-18-13(21)9-3-5-16-6-4-9/h3-7H,2,8H2,1H3,(H,18,21)/b17-7-. The summed E-state index contributed by atoms with van der Waals surface area (Å²) in [5.74, 6) is -0.989. The second-order valence-electron chi connectivity index (χ2n) is 4.35. The number of esters is 1. The quantitative estimate of drug-likeness (QED) is 0.470. The Morgan fingerprint density at radius 1 is 1.46 bits per heavy atom. The third kappa shape index (κ3) is 4.49. The summed E-state index contributed by atoms with van der Waals surface area (Å²) >= 11 is 6.87. The molecule has 0 aliphatic rings. The number of rotatable bonds is 6. The minimum Gasteiger partial charge on any atom is -0.465 e. The molecule has 2 aromatic heterocycles. The van der Waals surface area contributed by atoms with Crippen LogP contribution in [0.5, 0.6) is 0 Å². The van der Waals surface area contributed by atoms with E-state index in [0.29, 0.717) is 10.4 Å². The first-order valence-electron chi connectivity index (χ1n) is 6.81. The van der Waals surface area contributed by atoms with Crippen LogP contribution in [0.1, 0.15) is 22.2 Å². The molecular formula is C14H13ClN4O4S. The summed E-state index contributed by atoms with van der Waals surface area (Å²) in [4.78, 5) is 38.8. The molecule has 0 unspecified atom stereocenters. The van der Waals surface area contributed by atoms with E-state index in [2.05, 4.69) is 15.5 Å². The van der Waals surface area contributed by atoms with E-state index in [0.717, 1.165) is 15.9 Å². The van der Waals surface area contributed by atoms with E-state index in [4.69, 9.17) is 16.3 Å². The zero-order chi connectivity index (χ0) is 17.5. The summed E-state index contributed by atoms with van der Waals surface area (Å²) < 4.78 is 5.86. The van der Waals surface area contributed by atoms with Crippen LogP contribution in [0.25, 0.3) is 0 Å². The van der Waals surface area contributed by atoms with Gasteiger partial charge in [-0.3, -0.25) is 23.9 Å². The van der Waals surface area contributed by atoms with Crippen LogP contribution in [0, 0.1) is 0 Å². The van der Waals surface area contributed by atoms with Gasteiger partial charge in [0.1, 0.15) is 11.7 Å². The van der Waals surface area contributed by atoms with Crippen molar-refractivity contribution in [2.45, 2.75) is 13.5 Å². The van der Waals surface area contributed by atoms with Gasteiger partial charge in [-0.2, -0.15) is 5.10 Å². The van der Waals surface area contributed by atoms with Crippen LogP contribution in [-0.2, 0) is 16.1 Å². The first kappa shape index (κ1) is 17.8. The van der Waals surface area contributed by atoms with Crippen molar-refractivity contribution in [2.75, 3.05) is 6.61 Å². The fraction of sp³-hybridized carbons (Fsp3) is 0.214. The molecule has 1 amide bonds. The maximum absolute atomic E-state index is 11.9. The van der Waals surface area contributed by atoms with Crippen molar-refractivity contribution in [3.8, 4) is 0 Å². The monoisotopic (exact) mass is 368 g/mol. The third-order valence-electron chi connectivity index (χ3n) is 2.74. The molecule has 126 valence electrons. The maximum atomic E-state index is 11.9. The zero-order valence-electron chi connectivity index (χ0n) is 12.6. The number of carbonyl (C=O) groups excluding carboxylic acids is 2. The number of ether oxygens (including phenoxy) is 1. The molecule has 0 aliphatic heterocycles. The molecule has 2 rings (SSSR count). The van der Waals surface area contributed by atoms with Crippen molar-refractivity contribution in [3.63, 3.8) is 0 Å². The summed E-state index contributed by atoms with van der Waals surface area (Å²) in [6.45, 7) is 1.60. The Hall–Kier alpha value is -2.52. The minimum absolute atomic E-state index is 0.0555. The molecule has 0 spiro atoms. The molecule has 0 aliphatic carbocycles. The maximum Gasteiger partial charge on any atom is 0.326 e. The molecule has 0 saturated heterocycles. The third-order valence-corrected chi connectivity index (χ3v) is 4.17. The number of carbonyl (C=O) groups is 2. The Morgan fingerprint density at radius 3 is 2.83 bits per heavy atom. The highest BCUT2D eigenvalue weighted by Gasteiger charge is 2.15. The highest BCUT2D eigenvalue weighted by Crippen LogP contribution is 2.16. The molecule has 0 radical (unpaired) electrons. The average Bonchev–Trinajstić information content (AvgIpc) is 2.83. The average molecular weight is 369 g/mol. The fourth-order valence-electron chi connectivity index (χ4n) is 1.67. The van der Waals surface area contributed by atoms with Gasteiger partial charge < -0.3 is 4.74 Å². The Labute approximate surface area is 145 Å². The topological polar surface area (TPSA) is 103 Å². The number of halogens is 1. The number of nitrogens with zero attached hydrogens (tertiary/aromatic N) is 3. The van der Waals surface area contributed by atoms with Crippen LogP contribution in [0.15, 0.2) is 34.4 Å². The largest absolute Gasteiger partial charge is 0.465 e. The Bertz CT molecular complexity index is 816. The van der Waals surface area contributed by atoms with Gasteiger partial charge >= 0.3 is 10.8 Å². The molecule has 0 aromatic carbocycles. The highest BCUT2D eigenvalue weighted by molar-refractivity contribution is 7.11. The van der Waals surface area contributed by atoms with Crippen LogP contribution in [0.2, 0.25) is 5.15 Å². The number of nitrogens with one attached hydrogen (secondary N) is 1. The van der Waals surface area contributed by atoms with E-state index < -0.39 is 16.7 Å². The Balaban J connectivity index is 2.06. The van der Waals surface area contributed by atoms with Crippen molar-refractivity contribution < 1.29 is 14.3 Å². The summed E-state index contributed by atoms with van der Waals surface area (Å²) in [5.41, 5.74) is 2.70. The number of hydrogen-bond acceptors (Lipinski definition) is 7. The minimum atomic E-state index is -0.561. The Morgan fingerprint density at radius 2 is 2.17 bits per heavy atom. The van der Waals surface area contributed by atoms with Crippen molar-refractivity contribution in [1.29, 1.82) is 0 Å². The Kier molecular flexibility index (Phi) is 6.21. The predicted octanol–water partition coefficient (Wildman–Crippen LogP) is 1.29. The molecule has 1 N–H and O–H groups in total. The lowest BCUT2D eigenvalue weighted by atomic mass is 10.3. The van der Waals surface area contributed by atoms with Crippen molar-refractivity contribution >= 4 is 41.0 Å². The molecule has 0 bridgehead atoms. The summed E-state index contributed by atoms with van der Waals surface area (Å²) in [5, 5.41) is 3.82. The number of aromatic nitrogens is 2. The lowest BCUT2D eigenvalue weighted by molar-refractivity contribution is -0.143. The van der Waals surface area contributed by atoms with E-state index in [1.54, 1.807) is 6.92 Å². The van der Waals surface area contributed by atoms with E-state index in [9.17, 15) is 14.4 Å². The van der Waals surface area contributed by atoms with E-state index in [1.165, 1.54) is 30.7 Å². The summed E-state index contributed by atoms with van der Waals surface area (Å²) in [7, 11) is 0. The molecule has 0 atom stereocenters. The van der Waals surface area contributed by atoms with E-state index in [1.807, 2.05) is 0 Å². The second-order valence-corrected chi connectivity index (χ2v) is 5.70. The van der Waals surface area contributed by atoms with Crippen LogP contribution in [0.4, 0.5) is 0 Å². The van der Waals surface area contributed by atoms with Gasteiger partial charge in [0, 0.05) is 18.0 Å². The van der Waals surface area contributed by atoms with Crippen molar-refractivity contribution in [1.82, 2.24) is 15.0 Å². The first-order valence-corrected chi connectivity index (χ1v) is 8.00. The predicted molar refractivity (Wildman–Crippen MR) is 89.5 cm³/mol. The number of amides is 1. The van der Waals surface area contributed by atoms with Gasteiger partial charge in [-0.15, -0.1) is 0 Å². The van der Waals surface area contributed by atoms with Gasteiger partial charge in [0.05, 0.1) is 17.7 Å². The molecule has 0 fully saturated rings. The van der Waals surface area contributed by atoms with Gasteiger partial charge in [-0.25, -0.2) is 5.43 Å². The van der Waals surface area contributed by atoms with Gasteiger partial charge in [0.15, 0.2) is 0 Å². The number of pyridine rings is 1. The first-order chi connectivity index (χ1) is 11.5. The highest BCUT2D eigenvalue weighted by atomic mass is 35.5. The van der Waals surface area contributed by atoms with Gasteiger partial charge in [0.2, 0.25) is 0 Å². The zero-order valence-corrected chi connectivity index (χ0v) is 14.1. The van der Waals surface area contributed by atoms with Crippen molar-refractivity contribution in [2.24, 2.45) is 5.10 Å². The lowest BCUT2D eigenvalue weighted by Crippen LogP contribution is -2.21. The van der Waals surface area contributed by atoms with E-state index in [-0.39, 0.29) is 18.3 Å². The van der Waals surface area contributed by atoms with E-state index >= 15 is 0 Å². The summed E-state index contributed by atoms with van der Waals surface area (Å²) in [6.07, 6.45) is 4.21. The van der Waals surface area contributed by atoms with Crippen LogP contribution in [0.3, 0.4) is 0 Å². The number of hydrazone groups is 1. The molecular weight excluding hydrogens is 356 g/mol. The van der Waals surface area contributed by atoms with Crippen LogP contribution in [-0.4, -0.2) is 34.2 Å². The van der Waals surface area contributed by atoms with Gasteiger partial charge in [0.25, 0.3) is 5.91 Å². The molecule has 8 nitrogen and oxygen atoms in total. The lowest BCUT2D eigenvalue weighted by Gasteiger charge is -2.03.